The Labute approximate surface area is 232 Å². The third-order valence-electron chi connectivity index (χ3n) is 6.07. The van der Waals surface area contributed by atoms with Crippen LogP contribution < -0.4 is 14.4 Å². The van der Waals surface area contributed by atoms with Crippen LogP contribution in [-0.2, 0) is 26.2 Å². The lowest BCUT2D eigenvalue weighted by molar-refractivity contribution is -0.141. The van der Waals surface area contributed by atoms with Crippen molar-refractivity contribution in [2.45, 2.75) is 65.5 Å². The molecule has 0 spiro atoms. The highest BCUT2D eigenvalue weighted by atomic mass is 35.5. The van der Waals surface area contributed by atoms with Gasteiger partial charge in [-0.3, -0.25) is 13.9 Å². The molecule has 0 aromatic heterocycles. The van der Waals surface area contributed by atoms with Crippen LogP contribution >= 0.6 is 11.6 Å². The number of hydrogen-bond donors (Lipinski definition) is 1. The fourth-order valence-electron chi connectivity index (χ4n) is 4.14. The largest absolute Gasteiger partial charge is 0.492 e. The van der Waals surface area contributed by atoms with Crippen molar-refractivity contribution in [3.05, 3.63) is 59.1 Å². The van der Waals surface area contributed by atoms with Gasteiger partial charge in [0.2, 0.25) is 21.8 Å². The lowest BCUT2D eigenvalue weighted by Crippen LogP contribution is -2.49. The highest BCUT2D eigenvalue weighted by Gasteiger charge is 2.29. The summed E-state index contributed by atoms with van der Waals surface area (Å²) in [5, 5.41) is 3.53. The van der Waals surface area contributed by atoms with Gasteiger partial charge in [0.1, 0.15) is 11.8 Å². The first-order chi connectivity index (χ1) is 18.1. The first-order valence-corrected chi connectivity index (χ1v) is 15.4. The maximum atomic E-state index is 13.5. The molecule has 2 amide bonds. The van der Waals surface area contributed by atoms with Crippen LogP contribution in [0.4, 0.5) is 5.69 Å². The number of halogens is 1. The fraction of sp³-hybridized carbons (Fsp3) is 0.500. The van der Waals surface area contributed by atoms with Crippen molar-refractivity contribution in [1.82, 2.24) is 10.2 Å². The number of ether oxygens (including phenoxy) is 1. The van der Waals surface area contributed by atoms with Crippen LogP contribution in [0.5, 0.6) is 5.75 Å². The molecule has 2 aromatic rings. The molecular formula is C28H40ClN3O5S. The number of nitrogens with zero attached hydrogens (tertiary/aromatic N) is 2. The van der Waals surface area contributed by atoms with Crippen molar-refractivity contribution in [2.24, 2.45) is 0 Å². The lowest BCUT2D eigenvalue weighted by atomic mass is 10.1. The van der Waals surface area contributed by atoms with Crippen LogP contribution in [0.15, 0.2) is 48.5 Å². The molecule has 210 valence electrons. The van der Waals surface area contributed by atoms with Gasteiger partial charge in [-0.2, -0.15) is 0 Å². The number of nitrogens with one attached hydrogen (secondary N) is 1. The lowest BCUT2D eigenvalue weighted by Gasteiger charge is -2.31. The Bertz CT molecular complexity index is 1140. The number of rotatable bonds is 16. The van der Waals surface area contributed by atoms with Gasteiger partial charge in [0, 0.05) is 31.1 Å². The molecular weight excluding hydrogens is 526 g/mol. The molecule has 0 fully saturated rings. The van der Waals surface area contributed by atoms with Crippen molar-refractivity contribution >= 4 is 39.1 Å². The number of benzene rings is 2. The second-order valence-corrected chi connectivity index (χ2v) is 11.4. The Morgan fingerprint density at radius 3 is 2.32 bits per heavy atom. The summed E-state index contributed by atoms with van der Waals surface area (Å²) in [5.74, 6) is 0.0570. The smallest absolute Gasteiger partial charge is 0.242 e. The third-order valence-corrected chi connectivity index (χ3v) is 7.50. The van der Waals surface area contributed by atoms with Crippen molar-refractivity contribution in [3.8, 4) is 5.75 Å². The topological polar surface area (TPSA) is 96.0 Å². The van der Waals surface area contributed by atoms with Gasteiger partial charge < -0.3 is 15.0 Å². The molecule has 38 heavy (non-hydrogen) atoms. The highest BCUT2D eigenvalue weighted by Crippen LogP contribution is 2.30. The summed E-state index contributed by atoms with van der Waals surface area (Å²) in [6.07, 6.45) is 3.75. The average Bonchev–Trinajstić information content (AvgIpc) is 2.88. The van der Waals surface area contributed by atoms with Crippen LogP contribution in [0, 0.1) is 0 Å². The zero-order valence-electron chi connectivity index (χ0n) is 22.8. The summed E-state index contributed by atoms with van der Waals surface area (Å²) in [7, 11) is -3.63. The molecule has 2 rings (SSSR count). The number of para-hydroxylation sites is 2. The van der Waals surface area contributed by atoms with E-state index in [2.05, 4.69) is 5.32 Å². The Kier molecular flexibility index (Phi) is 12.9. The molecule has 1 N–H and O–H groups in total. The van der Waals surface area contributed by atoms with E-state index in [0.29, 0.717) is 36.0 Å². The number of hydrogen-bond acceptors (Lipinski definition) is 5. The van der Waals surface area contributed by atoms with Crippen molar-refractivity contribution in [1.29, 1.82) is 0 Å². The maximum absolute atomic E-state index is 13.5. The van der Waals surface area contributed by atoms with Gasteiger partial charge >= 0.3 is 0 Å². The molecule has 0 unspecified atom stereocenters. The van der Waals surface area contributed by atoms with Crippen LogP contribution in [0.3, 0.4) is 0 Å². The van der Waals surface area contributed by atoms with Gasteiger partial charge in [-0.1, -0.05) is 56.1 Å². The summed E-state index contributed by atoms with van der Waals surface area (Å²) in [6, 6.07) is 13.5. The molecule has 1 atom stereocenters. The van der Waals surface area contributed by atoms with Gasteiger partial charge in [-0.15, -0.1) is 0 Å². The number of unbranched alkanes of at least 4 members (excludes halogenated alkanes) is 1. The van der Waals surface area contributed by atoms with Crippen LogP contribution in [0.2, 0.25) is 5.02 Å². The van der Waals surface area contributed by atoms with E-state index in [-0.39, 0.29) is 37.7 Å². The van der Waals surface area contributed by atoms with Crippen molar-refractivity contribution < 1.29 is 22.7 Å². The molecule has 0 radical (unpaired) electrons. The molecule has 10 heteroatoms. The van der Waals surface area contributed by atoms with E-state index in [0.717, 1.165) is 24.7 Å². The first kappa shape index (κ1) is 31.4. The third kappa shape index (κ3) is 9.51. The Balaban J connectivity index is 2.22. The molecule has 0 aliphatic heterocycles. The van der Waals surface area contributed by atoms with Crippen molar-refractivity contribution in [2.75, 3.05) is 30.3 Å². The van der Waals surface area contributed by atoms with Gasteiger partial charge in [-0.05, 0) is 56.0 Å². The molecule has 0 heterocycles. The van der Waals surface area contributed by atoms with E-state index in [9.17, 15) is 18.0 Å². The van der Waals surface area contributed by atoms with E-state index >= 15 is 0 Å². The van der Waals surface area contributed by atoms with E-state index in [4.69, 9.17) is 16.3 Å². The molecule has 0 aliphatic carbocycles. The zero-order valence-corrected chi connectivity index (χ0v) is 24.4. The van der Waals surface area contributed by atoms with Gasteiger partial charge in [0.15, 0.2) is 0 Å². The summed E-state index contributed by atoms with van der Waals surface area (Å²) in [4.78, 5) is 28.1. The number of sulfonamides is 1. The average molecular weight is 566 g/mol. The van der Waals surface area contributed by atoms with E-state index in [1.165, 1.54) is 4.31 Å². The first-order valence-electron chi connectivity index (χ1n) is 13.1. The van der Waals surface area contributed by atoms with Gasteiger partial charge in [0.05, 0.1) is 18.6 Å². The summed E-state index contributed by atoms with van der Waals surface area (Å²) in [6.45, 7) is 7.05. The van der Waals surface area contributed by atoms with E-state index in [1.807, 2.05) is 32.9 Å². The molecule has 0 bridgehead atoms. The highest BCUT2D eigenvalue weighted by molar-refractivity contribution is 7.92. The Morgan fingerprint density at radius 1 is 1.03 bits per heavy atom. The minimum atomic E-state index is -3.63. The minimum Gasteiger partial charge on any atom is -0.492 e. The van der Waals surface area contributed by atoms with Gasteiger partial charge in [0.25, 0.3) is 0 Å². The maximum Gasteiger partial charge on any atom is 0.242 e. The number of amides is 2. The summed E-state index contributed by atoms with van der Waals surface area (Å²) in [5.41, 5.74) is 1.29. The second kappa shape index (κ2) is 15.6. The van der Waals surface area contributed by atoms with Crippen LogP contribution in [-0.4, -0.2) is 57.1 Å². The SMILES string of the molecule is CCCCNC(=O)[C@H](CC)N(Cc1ccc(Cl)cc1)C(=O)CCCN(c1ccccc1OCC)S(C)(=O)=O. The Morgan fingerprint density at radius 2 is 1.71 bits per heavy atom. The minimum absolute atomic E-state index is 0.0785. The quantitative estimate of drug-likeness (QED) is 0.289. The predicted molar refractivity (Wildman–Crippen MR) is 153 cm³/mol. The zero-order chi connectivity index (χ0) is 28.1. The monoisotopic (exact) mass is 565 g/mol. The fourth-order valence-corrected chi connectivity index (χ4v) is 5.23. The number of carbonyl (C=O) groups excluding carboxylic acids is 2. The van der Waals surface area contributed by atoms with Crippen LogP contribution in [0.1, 0.15) is 58.4 Å². The van der Waals surface area contributed by atoms with E-state index < -0.39 is 16.1 Å². The molecule has 8 nitrogen and oxygen atoms in total. The number of anilines is 1. The molecule has 0 aliphatic rings. The van der Waals surface area contributed by atoms with Gasteiger partial charge in [-0.25, -0.2) is 8.42 Å². The molecule has 2 aromatic carbocycles. The Hall–Kier alpha value is -2.78. The number of carbonyl (C=O) groups is 2. The van der Waals surface area contributed by atoms with Crippen LogP contribution in [0.25, 0.3) is 0 Å². The standard InChI is InChI=1S/C28H40ClN3O5S/c1-5-8-19-30-28(34)24(6-2)31(21-22-15-17-23(29)18-16-22)27(33)14-11-20-32(38(4,35)36)25-12-9-10-13-26(25)37-7-3/h9-10,12-13,15-18,24H,5-8,11,14,19-21H2,1-4H3,(H,30,34)/t24-/m0/s1. The molecule has 0 saturated carbocycles. The molecule has 0 saturated heterocycles. The normalized spacial score (nSPS) is 12.0. The van der Waals surface area contributed by atoms with Crippen molar-refractivity contribution in [3.63, 3.8) is 0 Å². The summed E-state index contributed by atoms with van der Waals surface area (Å²) >= 11 is 6.03. The van der Waals surface area contributed by atoms with E-state index in [1.54, 1.807) is 41.3 Å². The predicted octanol–water partition coefficient (Wildman–Crippen LogP) is 5.01. The second-order valence-electron chi connectivity index (χ2n) is 9.06. The summed E-state index contributed by atoms with van der Waals surface area (Å²) < 4.78 is 32.2.